The molecule has 1 fully saturated rings. The van der Waals surface area contributed by atoms with E-state index in [2.05, 4.69) is 5.32 Å². The maximum atomic E-state index is 12.9. The molecule has 0 spiro atoms. The molecule has 2 aliphatic heterocycles. The lowest BCUT2D eigenvalue weighted by Gasteiger charge is -2.31. The van der Waals surface area contributed by atoms with Crippen LogP contribution in [-0.4, -0.2) is 42.4 Å². The number of ether oxygens (including phenoxy) is 2. The lowest BCUT2D eigenvalue weighted by molar-refractivity contribution is -0.149. The van der Waals surface area contributed by atoms with Crippen LogP contribution in [0.2, 0.25) is 0 Å². The number of likely N-dealkylation sites (tertiary alicyclic amines) is 1. The Kier molecular flexibility index (Phi) is 6.02. The molecule has 2 heterocycles. The first-order chi connectivity index (χ1) is 15.0. The number of carbonyl (C=O) groups is 3. The van der Waals surface area contributed by atoms with Gasteiger partial charge < -0.3 is 19.7 Å². The molecule has 4 rings (SSSR count). The van der Waals surface area contributed by atoms with Crippen LogP contribution in [0, 0.1) is 5.92 Å². The summed E-state index contributed by atoms with van der Waals surface area (Å²) >= 11 is 0. The number of para-hydroxylation sites is 2. The number of hydrogen-bond acceptors (Lipinski definition) is 5. The monoisotopic (exact) mass is 420 g/mol. The van der Waals surface area contributed by atoms with Gasteiger partial charge in [-0.2, -0.15) is 0 Å². The number of carbonyl (C=O) groups excluding carboxylic acids is 3. The van der Waals surface area contributed by atoms with Crippen LogP contribution in [0.15, 0.2) is 54.3 Å². The van der Waals surface area contributed by atoms with Gasteiger partial charge >= 0.3 is 5.97 Å². The molecule has 2 aromatic rings. The summed E-state index contributed by atoms with van der Waals surface area (Å²) in [7, 11) is 0. The minimum Gasteiger partial charge on any atom is -0.466 e. The van der Waals surface area contributed by atoms with E-state index in [0.717, 1.165) is 18.4 Å². The molecule has 160 valence electrons. The van der Waals surface area contributed by atoms with Crippen LogP contribution in [0.4, 0.5) is 5.69 Å². The molecule has 0 bridgehead atoms. The van der Waals surface area contributed by atoms with Crippen molar-refractivity contribution in [3.8, 4) is 5.75 Å². The number of nitrogens with zero attached hydrogens (tertiary/aromatic N) is 1. The molecule has 31 heavy (non-hydrogen) atoms. The number of piperidine rings is 1. The largest absolute Gasteiger partial charge is 0.466 e. The Hall–Kier alpha value is -3.61. The molecule has 0 radical (unpaired) electrons. The standard InChI is InChI=1S/C24H24N2O5/c1-2-30-24(29)18-6-5-13-26(15-18)23(28)17-11-9-16(10-12-17)14-21-22(27)25-19-7-3-4-8-20(19)31-21/h3-4,7-12,14,18H,2,5-6,13,15H2,1H3,(H,25,27)/b21-14-. The van der Waals surface area contributed by atoms with E-state index >= 15 is 0 Å². The zero-order valence-corrected chi connectivity index (χ0v) is 17.3. The summed E-state index contributed by atoms with van der Waals surface area (Å²) in [6.07, 6.45) is 3.14. The summed E-state index contributed by atoms with van der Waals surface area (Å²) in [6, 6.07) is 14.2. The number of anilines is 1. The highest BCUT2D eigenvalue weighted by Crippen LogP contribution is 2.30. The number of rotatable bonds is 4. The first-order valence-electron chi connectivity index (χ1n) is 10.4. The third-order valence-corrected chi connectivity index (χ3v) is 5.36. The number of benzene rings is 2. The average molecular weight is 420 g/mol. The first kappa shape index (κ1) is 20.7. The van der Waals surface area contributed by atoms with Gasteiger partial charge in [-0.05, 0) is 55.7 Å². The minimum absolute atomic E-state index is 0.117. The van der Waals surface area contributed by atoms with Crippen molar-refractivity contribution in [2.24, 2.45) is 5.92 Å². The molecule has 1 atom stereocenters. The van der Waals surface area contributed by atoms with E-state index in [-0.39, 0.29) is 29.5 Å². The van der Waals surface area contributed by atoms with Crippen molar-refractivity contribution in [2.75, 3.05) is 25.0 Å². The van der Waals surface area contributed by atoms with E-state index in [9.17, 15) is 14.4 Å². The summed E-state index contributed by atoms with van der Waals surface area (Å²) in [5, 5.41) is 2.79. The van der Waals surface area contributed by atoms with Crippen molar-refractivity contribution < 1.29 is 23.9 Å². The molecule has 0 aliphatic carbocycles. The first-order valence-corrected chi connectivity index (χ1v) is 10.4. The fraction of sp³-hybridized carbons (Fsp3) is 0.292. The van der Waals surface area contributed by atoms with E-state index in [1.54, 1.807) is 54.3 Å². The predicted octanol–water partition coefficient (Wildman–Crippen LogP) is 3.47. The average Bonchev–Trinajstić information content (AvgIpc) is 2.80. The third kappa shape index (κ3) is 4.60. The number of fused-ring (bicyclic) bond motifs is 1. The molecular formula is C24H24N2O5. The Morgan fingerprint density at radius 2 is 1.97 bits per heavy atom. The highest BCUT2D eigenvalue weighted by atomic mass is 16.5. The Balaban J connectivity index is 1.45. The summed E-state index contributed by atoms with van der Waals surface area (Å²) in [5.41, 5.74) is 1.91. The minimum atomic E-state index is -0.322. The molecular weight excluding hydrogens is 396 g/mol. The predicted molar refractivity (Wildman–Crippen MR) is 115 cm³/mol. The van der Waals surface area contributed by atoms with E-state index in [4.69, 9.17) is 9.47 Å². The fourth-order valence-electron chi connectivity index (χ4n) is 3.77. The molecule has 1 saturated heterocycles. The Bertz CT molecular complexity index is 1030. The third-order valence-electron chi connectivity index (χ3n) is 5.36. The number of esters is 1. The van der Waals surface area contributed by atoms with Gasteiger partial charge in [0.25, 0.3) is 11.8 Å². The quantitative estimate of drug-likeness (QED) is 0.605. The fourth-order valence-corrected chi connectivity index (χ4v) is 3.77. The number of hydrogen-bond donors (Lipinski definition) is 1. The van der Waals surface area contributed by atoms with Gasteiger partial charge in [-0.15, -0.1) is 0 Å². The van der Waals surface area contributed by atoms with Crippen molar-refractivity contribution >= 4 is 29.5 Å². The summed E-state index contributed by atoms with van der Waals surface area (Å²) < 4.78 is 10.8. The van der Waals surface area contributed by atoms with Crippen molar-refractivity contribution in [2.45, 2.75) is 19.8 Å². The highest BCUT2D eigenvalue weighted by Gasteiger charge is 2.29. The molecule has 1 unspecified atom stereocenters. The Morgan fingerprint density at radius 1 is 1.19 bits per heavy atom. The second kappa shape index (κ2) is 9.04. The van der Waals surface area contributed by atoms with Crippen LogP contribution in [0.25, 0.3) is 6.08 Å². The lowest BCUT2D eigenvalue weighted by atomic mass is 9.97. The molecule has 1 N–H and O–H groups in total. The Labute approximate surface area is 180 Å². The van der Waals surface area contributed by atoms with Gasteiger partial charge in [0.15, 0.2) is 11.5 Å². The summed E-state index contributed by atoms with van der Waals surface area (Å²) in [4.78, 5) is 38.9. The van der Waals surface area contributed by atoms with E-state index in [1.807, 2.05) is 12.1 Å². The molecule has 0 aromatic heterocycles. The van der Waals surface area contributed by atoms with Crippen LogP contribution in [-0.2, 0) is 14.3 Å². The lowest BCUT2D eigenvalue weighted by Crippen LogP contribution is -2.42. The van der Waals surface area contributed by atoms with Crippen molar-refractivity contribution in [3.63, 3.8) is 0 Å². The van der Waals surface area contributed by atoms with Crippen LogP contribution in [0.1, 0.15) is 35.7 Å². The van der Waals surface area contributed by atoms with Gasteiger partial charge in [-0.1, -0.05) is 24.3 Å². The van der Waals surface area contributed by atoms with Crippen LogP contribution in [0.5, 0.6) is 5.75 Å². The zero-order chi connectivity index (χ0) is 21.8. The van der Waals surface area contributed by atoms with Crippen molar-refractivity contribution in [1.82, 2.24) is 4.90 Å². The number of nitrogens with one attached hydrogen (secondary N) is 1. The molecule has 7 heteroatoms. The van der Waals surface area contributed by atoms with E-state index in [1.165, 1.54) is 0 Å². The van der Waals surface area contributed by atoms with Crippen molar-refractivity contribution in [3.05, 3.63) is 65.4 Å². The molecule has 2 amide bonds. The van der Waals surface area contributed by atoms with Gasteiger partial charge in [0.05, 0.1) is 18.2 Å². The van der Waals surface area contributed by atoms with Crippen LogP contribution < -0.4 is 10.1 Å². The smallest absolute Gasteiger partial charge is 0.310 e. The van der Waals surface area contributed by atoms with Gasteiger partial charge in [0.2, 0.25) is 0 Å². The number of amides is 2. The SMILES string of the molecule is CCOC(=O)C1CCCN(C(=O)c2ccc(/C=C3\Oc4ccccc4NC3=O)cc2)C1. The van der Waals surface area contributed by atoms with Gasteiger partial charge in [0, 0.05) is 18.7 Å². The van der Waals surface area contributed by atoms with E-state index < -0.39 is 0 Å². The second-order valence-corrected chi connectivity index (χ2v) is 7.53. The van der Waals surface area contributed by atoms with Crippen LogP contribution >= 0.6 is 0 Å². The van der Waals surface area contributed by atoms with Crippen LogP contribution in [0.3, 0.4) is 0 Å². The van der Waals surface area contributed by atoms with E-state index in [0.29, 0.717) is 36.7 Å². The topological polar surface area (TPSA) is 84.9 Å². The Morgan fingerprint density at radius 3 is 2.74 bits per heavy atom. The molecule has 2 aliphatic rings. The summed E-state index contributed by atoms with van der Waals surface area (Å²) in [5.74, 6) is -0.181. The van der Waals surface area contributed by atoms with Gasteiger partial charge in [0.1, 0.15) is 0 Å². The second-order valence-electron chi connectivity index (χ2n) is 7.53. The maximum Gasteiger partial charge on any atom is 0.310 e. The van der Waals surface area contributed by atoms with Gasteiger partial charge in [-0.25, -0.2) is 0 Å². The molecule has 0 saturated carbocycles. The maximum absolute atomic E-state index is 12.9. The van der Waals surface area contributed by atoms with Gasteiger partial charge in [-0.3, -0.25) is 14.4 Å². The summed E-state index contributed by atoms with van der Waals surface area (Å²) in [6.45, 7) is 3.11. The molecule has 2 aromatic carbocycles. The van der Waals surface area contributed by atoms with Crippen molar-refractivity contribution in [1.29, 1.82) is 0 Å². The zero-order valence-electron chi connectivity index (χ0n) is 17.3. The normalized spacial score (nSPS) is 19.3. The molecule has 7 nitrogen and oxygen atoms in total. The highest BCUT2D eigenvalue weighted by molar-refractivity contribution is 6.08.